The fourth-order valence-corrected chi connectivity index (χ4v) is 3.97. The Morgan fingerprint density at radius 1 is 1.09 bits per heavy atom. The molecule has 1 aliphatic heterocycles. The van der Waals surface area contributed by atoms with Gasteiger partial charge in [-0.05, 0) is 35.5 Å². The van der Waals surface area contributed by atoms with Gasteiger partial charge in [-0.25, -0.2) is 0 Å². The van der Waals surface area contributed by atoms with Gasteiger partial charge in [0.15, 0.2) is 0 Å². The Labute approximate surface area is 137 Å². The van der Waals surface area contributed by atoms with E-state index in [1.165, 1.54) is 4.90 Å². The van der Waals surface area contributed by atoms with Crippen LogP contribution < -0.4 is 0 Å². The molecule has 2 heterocycles. The van der Waals surface area contributed by atoms with Gasteiger partial charge in [0, 0.05) is 16.3 Å². The minimum Gasteiger partial charge on any atom is -0.268 e. The molecule has 0 atom stereocenters. The van der Waals surface area contributed by atoms with E-state index in [0.29, 0.717) is 4.91 Å². The molecule has 3 nitrogen and oxygen atoms in total. The number of rotatable bonds is 4. The second kappa shape index (κ2) is 6.34. The molecule has 1 aliphatic rings. The maximum Gasteiger partial charge on any atom is 0.293 e. The minimum atomic E-state index is -0.246. The lowest BCUT2D eigenvalue weighted by Gasteiger charge is -2.07. The van der Waals surface area contributed by atoms with Crippen LogP contribution in [0.15, 0.2) is 60.0 Å². The zero-order valence-electron chi connectivity index (χ0n) is 11.7. The van der Waals surface area contributed by atoms with Crippen molar-refractivity contribution in [2.24, 2.45) is 0 Å². The molecule has 1 fully saturated rings. The largest absolute Gasteiger partial charge is 0.293 e. The van der Waals surface area contributed by atoms with E-state index in [4.69, 9.17) is 0 Å². The van der Waals surface area contributed by atoms with Crippen molar-refractivity contribution in [3.63, 3.8) is 0 Å². The van der Waals surface area contributed by atoms with Gasteiger partial charge in [-0.2, -0.15) is 0 Å². The molecule has 22 heavy (non-hydrogen) atoms. The summed E-state index contributed by atoms with van der Waals surface area (Å²) >= 11 is 2.58. The fraction of sp³-hybridized carbons (Fsp3) is 0.0588. The Bertz CT molecular complexity index is 762. The van der Waals surface area contributed by atoms with Crippen LogP contribution >= 0.6 is 23.1 Å². The standard InChI is InChI=1S/C17H13NO2S2/c1-2-10-18-16(19)15(22-17(18)20)11-13-8-9-14(21-13)12-6-4-3-5-7-12/h2-9,11H,1,10H2/b15-11-. The zero-order valence-corrected chi connectivity index (χ0v) is 13.3. The van der Waals surface area contributed by atoms with Gasteiger partial charge in [-0.15, -0.1) is 17.9 Å². The van der Waals surface area contributed by atoms with Crippen LogP contribution in [0.25, 0.3) is 16.5 Å². The first kappa shape index (κ1) is 14.8. The molecular formula is C17H13NO2S2. The predicted octanol–water partition coefficient (Wildman–Crippen LogP) is 4.64. The monoisotopic (exact) mass is 327 g/mol. The number of carbonyl (C=O) groups is 2. The molecule has 3 rings (SSSR count). The van der Waals surface area contributed by atoms with Crippen molar-refractivity contribution in [3.05, 3.63) is 64.9 Å². The molecule has 2 aromatic rings. The molecule has 1 saturated heterocycles. The minimum absolute atomic E-state index is 0.240. The lowest BCUT2D eigenvalue weighted by molar-refractivity contribution is -0.122. The van der Waals surface area contributed by atoms with Crippen molar-refractivity contribution in [1.29, 1.82) is 0 Å². The van der Waals surface area contributed by atoms with E-state index in [1.807, 2.05) is 42.5 Å². The van der Waals surface area contributed by atoms with Gasteiger partial charge in [0.2, 0.25) is 0 Å². The Balaban J connectivity index is 1.85. The molecule has 110 valence electrons. The van der Waals surface area contributed by atoms with Crippen LogP contribution in [0.1, 0.15) is 4.88 Å². The van der Waals surface area contributed by atoms with Gasteiger partial charge in [0.05, 0.1) is 4.91 Å². The molecule has 1 aromatic carbocycles. The van der Waals surface area contributed by atoms with E-state index in [1.54, 1.807) is 23.5 Å². The van der Waals surface area contributed by atoms with Crippen molar-refractivity contribution in [2.45, 2.75) is 0 Å². The Hall–Kier alpha value is -2.11. The molecule has 0 bridgehead atoms. The lowest BCUT2D eigenvalue weighted by Crippen LogP contribution is -2.27. The topological polar surface area (TPSA) is 37.4 Å². The van der Waals surface area contributed by atoms with Crippen LogP contribution in [-0.2, 0) is 4.79 Å². The van der Waals surface area contributed by atoms with Crippen LogP contribution in [0.5, 0.6) is 0 Å². The lowest BCUT2D eigenvalue weighted by atomic mass is 10.2. The van der Waals surface area contributed by atoms with Crippen molar-refractivity contribution in [1.82, 2.24) is 4.90 Å². The Morgan fingerprint density at radius 2 is 1.86 bits per heavy atom. The first-order chi connectivity index (χ1) is 10.7. The summed E-state index contributed by atoms with van der Waals surface area (Å²) in [6, 6.07) is 14.1. The average molecular weight is 327 g/mol. The molecule has 0 aliphatic carbocycles. The number of amides is 2. The van der Waals surface area contributed by atoms with Gasteiger partial charge in [0.25, 0.3) is 11.1 Å². The third-order valence-corrected chi connectivity index (χ3v) is 5.13. The molecular weight excluding hydrogens is 314 g/mol. The van der Waals surface area contributed by atoms with E-state index in [9.17, 15) is 9.59 Å². The number of hydrogen-bond donors (Lipinski definition) is 0. The quantitative estimate of drug-likeness (QED) is 0.606. The zero-order chi connectivity index (χ0) is 15.5. The van der Waals surface area contributed by atoms with E-state index in [2.05, 4.69) is 6.58 Å². The summed E-state index contributed by atoms with van der Waals surface area (Å²) in [7, 11) is 0. The fourth-order valence-electron chi connectivity index (χ4n) is 2.10. The molecule has 5 heteroatoms. The van der Waals surface area contributed by atoms with Crippen LogP contribution in [-0.4, -0.2) is 22.6 Å². The van der Waals surface area contributed by atoms with Crippen LogP contribution in [0, 0.1) is 0 Å². The average Bonchev–Trinajstić information content (AvgIpc) is 3.09. The molecule has 0 unspecified atom stereocenters. The summed E-state index contributed by atoms with van der Waals surface area (Å²) in [4.78, 5) is 27.7. The number of hydrogen-bond acceptors (Lipinski definition) is 4. The second-order valence-electron chi connectivity index (χ2n) is 4.65. The molecule has 0 N–H and O–H groups in total. The van der Waals surface area contributed by atoms with Crippen molar-refractivity contribution in [3.8, 4) is 10.4 Å². The summed E-state index contributed by atoms with van der Waals surface area (Å²) in [5.41, 5.74) is 1.15. The van der Waals surface area contributed by atoms with Gasteiger partial charge in [-0.1, -0.05) is 36.4 Å². The highest BCUT2D eigenvalue weighted by molar-refractivity contribution is 8.18. The summed E-state index contributed by atoms with van der Waals surface area (Å²) in [6.07, 6.45) is 3.34. The van der Waals surface area contributed by atoms with Gasteiger partial charge in [-0.3, -0.25) is 14.5 Å². The number of nitrogens with zero attached hydrogens (tertiary/aromatic N) is 1. The second-order valence-corrected chi connectivity index (χ2v) is 6.76. The molecule has 2 amide bonds. The van der Waals surface area contributed by atoms with E-state index >= 15 is 0 Å². The highest BCUT2D eigenvalue weighted by Crippen LogP contribution is 2.35. The molecule has 0 saturated carbocycles. The van der Waals surface area contributed by atoms with Gasteiger partial charge < -0.3 is 0 Å². The number of thiophene rings is 1. The normalized spacial score (nSPS) is 16.5. The number of carbonyl (C=O) groups excluding carboxylic acids is 2. The Kier molecular flexibility index (Phi) is 4.27. The van der Waals surface area contributed by atoms with E-state index in [0.717, 1.165) is 27.1 Å². The van der Waals surface area contributed by atoms with Crippen LogP contribution in [0.2, 0.25) is 0 Å². The summed E-state index contributed by atoms with van der Waals surface area (Å²) in [5.74, 6) is -0.246. The smallest absolute Gasteiger partial charge is 0.268 e. The van der Waals surface area contributed by atoms with Crippen LogP contribution in [0.4, 0.5) is 4.79 Å². The summed E-state index contributed by atoms with van der Waals surface area (Å²) in [5, 5.41) is -0.240. The van der Waals surface area contributed by atoms with Crippen molar-refractivity contribution < 1.29 is 9.59 Å². The first-order valence-corrected chi connectivity index (χ1v) is 8.34. The maximum absolute atomic E-state index is 12.2. The first-order valence-electron chi connectivity index (χ1n) is 6.70. The van der Waals surface area contributed by atoms with Crippen LogP contribution in [0.3, 0.4) is 0 Å². The third kappa shape index (κ3) is 2.91. The van der Waals surface area contributed by atoms with Gasteiger partial charge in [0.1, 0.15) is 0 Å². The van der Waals surface area contributed by atoms with Crippen molar-refractivity contribution >= 4 is 40.3 Å². The maximum atomic E-state index is 12.2. The molecule has 1 aromatic heterocycles. The van der Waals surface area contributed by atoms with Crippen molar-refractivity contribution in [2.75, 3.05) is 6.54 Å². The number of thioether (sulfide) groups is 1. The highest BCUT2D eigenvalue weighted by Gasteiger charge is 2.34. The number of benzene rings is 1. The third-order valence-electron chi connectivity index (χ3n) is 3.14. The summed E-state index contributed by atoms with van der Waals surface area (Å²) < 4.78 is 0. The Morgan fingerprint density at radius 3 is 2.59 bits per heavy atom. The molecule has 0 spiro atoms. The van der Waals surface area contributed by atoms with E-state index in [-0.39, 0.29) is 17.7 Å². The SMILES string of the molecule is C=CCN1C(=O)S/C(=C\c2ccc(-c3ccccc3)s2)C1=O. The number of imide groups is 1. The van der Waals surface area contributed by atoms with E-state index < -0.39 is 0 Å². The van der Waals surface area contributed by atoms with Gasteiger partial charge >= 0.3 is 0 Å². The summed E-state index contributed by atoms with van der Waals surface area (Å²) in [6.45, 7) is 3.82. The molecule has 0 radical (unpaired) electrons. The highest BCUT2D eigenvalue weighted by atomic mass is 32.2. The predicted molar refractivity (Wildman–Crippen MR) is 92.6 cm³/mol.